The number of ether oxygens (including phenoxy) is 2. The monoisotopic (exact) mass is 484 g/mol. The van der Waals surface area contributed by atoms with Crippen LogP contribution in [0.25, 0.3) is 0 Å². The number of rotatable bonds is 8. The maximum Gasteiger partial charge on any atom is 0.275 e. The van der Waals surface area contributed by atoms with Crippen LogP contribution in [-0.2, 0) is 0 Å². The quantitative estimate of drug-likeness (QED) is 0.486. The molecule has 0 atom stereocenters. The van der Waals surface area contributed by atoms with E-state index in [0.717, 1.165) is 4.47 Å². The van der Waals surface area contributed by atoms with E-state index in [1.807, 2.05) is 13.8 Å². The maximum atomic E-state index is 12.7. The van der Waals surface area contributed by atoms with Gasteiger partial charge in [-0.3, -0.25) is 14.6 Å². The van der Waals surface area contributed by atoms with Crippen LogP contribution in [0.1, 0.15) is 34.7 Å². The van der Waals surface area contributed by atoms with Gasteiger partial charge in [0.15, 0.2) is 0 Å². The zero-order chi connectivity index (χ0) is 22.2. The SMILES string of the molecule is CCOc1cc(NC(=O)c2cnccn2)c(OCC)cc1NC(=O)c1ccc(Br)cc1. The molecule has 1 heterocycles. The number of aromatic nitrogens is 2. The van der Waals surface area contributed by atoms with E-state index in [4.69, 9.17) is 9.47 Å². The van der Waals surface area contributed by atoms with Gasteiger partial charge in [-0.2, -0.15) is 0 Å². The number of carbonyl (C=O) groups excluding carboxylic acids is 2. The molecule has 0 bridgehead atoms. The van der Waals surface area contributed by atoms with E-state index in [1.54, 1.807) is 36.4 Å². The van der Waals surface area contributed by atoms with Gasteiger partial charge in [0.05, 0.1) is 30.8 Å². The molecule has 3 rings (SSSR count). The first kappa shape index (κ1) is 22.2. The average Bonchev–Trinajstić information content (AvgIpc) is 2.77. The lowest BCUT2D eigenvalue weighted by molar-refractivity contribution is 0.101. The zero-order valence-corrected chi connectivity index (χ0v) is 18.6. The van der Waals surface area contributed by atoms with E-state index in [0.29, 0.717) is 41.7 Å². The number of benzene rings is 2. The summed E-state index contributed by atoms with van der Waals surface area (Å²) in [6, 6.07) is 10.2. The summed E-state index contributed by atoms with van der Waals surface area (Å²) < 4.78 is 12.3. The highest BCUT2D eigenvalue weighted by atomic mass is 79.9. The number of halogens is 1. The van der Waals surface area contributed by atoms with Crippen molar-refractivity contribution in [3.8, 4) is 11.5 Å². The molecule has 0 radical (unpaired) electrons. The first-order valence-electron chi connectivity index (χ1n) is 9.59. The normalized spacial score (nSPS) is 10.3. The number of carbonyl (C=O) groups is 2. The molecule has 3 aromatic rings. The Balaban J connectivity index is 1.92. The average molecular weight is 485 g/mol. The van der Waals surface area contributed by atoms with Crippen LogP contribution in [0.2, 0.25) is 0 Å². The van der Waals surface area contributed by atoms with E-state index in [9.17, 15) is 9.59 Å². The van der Waals surface area contributed by atoms with Crippen molar-refractivity contribution in [3.63, 3.8) is 0 Å². The van der Waals surface area contributed by atoms with Crippen LogP contribution in [0, 0.1) is 0 Å². The van der Waals surface area contributed by atoms with Crippen molar-refractivity contribution in [2.75, 3.05) is 23.8 Å². The number of amides is 2. The van der Waals surface area contributed by atoms with Crippen LogP contribution >= 0.6 is 15.9 Å². The predicted octanol–water partition coefficient (Wildman–Crippen LogP) is 4.54. The molecule has 0 aliphatic carbocycles. The third-order valence-electron chi connectivity index (χ3n) is 4.08. The van der Waals surface area contributed by atoms with Gasteiger partial charge in [-0.25, -0.2) is 4.98 Å². The summed E-state index contributed by atoms with van der Waals surface area (Å²) in [5.74, 6) is 0.0376. The molecular weight excluding hydrogens is 464 g/mol. The second-order valence-electron chi connectivity index (χ2n) is 6.22. The van der Waals surface area contributed by atoms with Crippen molar-refractivity contribution >= 4 is 39.1 Å². The number of nitrogens with zero attached hydrogens (tertiary/aromatic N) is 2. The lowest BCUT2D eigenvalue weighted by Gasteiger charge is -2.17. The van der Waals surface area contributed by atoms with Crippen LogP contribution in [0.15, 0.2) is 59.5 Å². The van der Waals surface area contributed by atoms with E-state index in [-0.39, 0.29) is 11.6 Å². The van der Waals surface area contributed by atoms with E-state index < -0.39 is 5.91 Å². The highest BCUT2D eigenvalue weighted by molar-refractivity contribution is 9.10. The van der Waals surface area contributed by atoms with Crippen molar-refractivity contribution in [2.24, 2.45) is 0 Å². The molecule has 1 aromatic heterocycles. The Kier molecular flexibility index (Phi) is 7.55. The maximum absolute atomic E-state index is 12.7. The van der Waals surface area contributed by atoms with Crippen molar-refractivity contribution in [3.05, 3.63) is 70.7 Å². The molecule has 0 saturated carbocycles. The van der Waals surface area contributed by atoms with Gasteiger partial charge in [0.25, 0.3) is 11.8 Å². The standard InChI is InChI=1S/C22H21BrN4O4/c1-3-30-19-12-17(27-22(29)18-13-24-9-10-25-18)20(31-4-2)11-16(19)26-21(28)14-5-7-15(23)8-6-14/h5-13H,3-4H2,1-2H3,(H,26,28)(H,27,29). The number of hydrogen-bond donors (Lipinski definition) is 2. The van der Waals surface area contributed by atoms with Crippen LogP contribution < -0.4 is 20.1 Å². The molecule has 160 valence electrons. The predicted molar refractivity (Wildman–Crippen MR) is 121 cm³/mol. The number of hydrogen-bond acceptors (Lipinski definition) is 6. The zero-order valence-electron chi connectivity index (χ0n) is 17.0. The summed E-state index contributed by atoms with van der Waals surface area (Å²) in [7, 11) is 0. The van der Waals surface area contributed by atoms with Gasteiger partial charge in [-0.1, -0.05) is 15.9 Å². The van der Waals surface area contributed by atoms with Crippen molar-refractivity contribution in [2.45, 2.75) is 13.8 Å². The van der Waals surface area contributed by atoms with Gasteiger partial charge >= 0.3 is 0 Å². The summed E-state index contributed by atoms with van der Waals surface area (Å²) in [6.07, 6.45) is 4.29. The van der Waals surface area contributed by atoms with Crippen LogP contribution in [0.4, 0.5) is 11.4 Å². The fourth-order valence-electron chi connectivity index (χ4n) is 2.70. The Morgan fingerprint density at radius 1 is 0.903 bits per heavy atom. The minimum atomic E-state index is -0.442. The molecule has 2 aromatic carbocycles. The molecular formula is C22H21BrN4O4. The third kappa shape index (κ3) is 5.79. The molecule has 2 amide bonds. The van der Waals surface area contributed by atoms with Gasteiger partial charge < -0.3 is 20.1 Å². The Hall–Kier alpha value is -3.46. The number of anilines is 2. The minimum Gasteiger partial charge on any atom is -0.492 e. The summed E-state index contributed by atoms with van der Waals surface area (Å²) >= 11 is 3.35. The van der Waals surface area contributed by atoms with Crippen molar-refractivity contribution in [1.82, 2.24) is 9.97 Å². The molecule has 0 spiro atoms. The first-order valence-corrected chi connectivity index (χ1v) is 10.4. The summed E-state index contributed by atoms with van der Waals surface area (Å²) in [4.78, 5) is 33.1. The van der Waals surface area contributed by atoms with Gasteiger partial charge in [0.1, 0.15) is 17.2 Å². The molecule has 9 heteroatoms. The Morgan fingerprint density at radius 3 is 2.00 bits per heavy atom. The van der Waals surface area contributed by atoms with E-state index in [1.165, 1.54) is 18.6 Å². The van der Waals surface area contributed by atoms with Crippen molar-refractivity contribution in [1.29, 1.82) is 0 Å². The Morgan fingerprint density at radius 2 is 1.48 bits per heavy atom. The summed E-state index contributed by atoms with van der Waals surface area (Å²) in [5.41, 5.74) is 1.47. The Labute approximate surface area is 188 Å². The second-order valence-corrected chi connectivity index (χ2v) is 7.13. The fraction of sp³-hybridized carbons (Fsp3) is 0.182. The lowest BCUT2D eigenvalue weighted by atomic mass is 10.2. The molecule has 0 aliphatic rings. The topological polar surface area (TPSA) is 102 Å². The fourth-order valence-corrected chi connectivity index (χ4v) is 2.97. The number of nitrogens with one attached hydrogen (secondary N) is 2. The smallest absolute Gasteiger partial charge is 0.275 e. The van der Waals surface area contributed by atoms with Gasteiger partial charge in [0.2, 0.25) is 0 Å². The first-order chi connectivity index (χ1) is 15.0. The molecule has 2 N–H and O–H groups in total. The van der Waals surface area contributed by atoms with E-state index in [2.05, 4.69) is 36.5 Å². The van der Waals surface area contributed by atoms with Crippen LogP contribution in [-0.4, -0.2) is 35.0 Å². The summed E-state index contributed by atoms with van der Waals surface area (Å²) in [6.45, 7) is 4.38. The van der Waals surface area contributed by atoms with Crippen molar-refractivity contribution < 1.29 is 19.1 Å². The van der Waals surface area contributed by atoms with Crippen LogP contribution in [0.3, 0.4) is 0 Å². The molecule has 8 nitrogen and oxygen atoms in total. The lowest BCUT2D eigenvalue weighted by Crippen LogP contribution is -2.16. The molecule has 0 saturated heterocycles. The van der Waals surface area contributed by atoms with Gasteiger partial charge in [0, 0.05) is 34.6 Å². The summed E-state index contributed by atoms with van der Waals surface area (Å²) in [5, 5.41) is 5.61. The minimum absolute atomic E-state index is 0.163. The molecule has 0 fully saturated rings. The van der Waals surface area contributed by atoms with Gasteiger partial charge in [-0.15, -0.1) is 0 Å². The highest BCUT2D eigenvalue weighted by Gasteiger charge is 2.18. The Bertz CT molecular complexity index is 1060. The molecule has 0 aliphatic heterocycles. The van der Waals surface area contributed by atoms with Gasteiger partial charge in [-0.05, 0) is 38.1 Å². The van der Waals surface area contributed by atoms with E-state index >= 15 is 0 Å². The second kappa shape index (κ2) is 10.5. The molecule has 31 heavy (non-hydrogen) atoms. The largest absolute Gasteiger partial charge is 0.492 e. The third-order valence-corrected chi connectivity index (χ3v) is 4.61. The highest BCUT2D eigenvalue weighted by Crippen LogP contribution is 2.37. The van der Waals surface area contributed by atoms with Crippen LogP contribution in [0.5, 0.6) is 11.5 Å². The molecule has 0 unspecified atom stereocenters.